The number of carbonyl (C=O) groups excluding carboxylic acids is 2. The Kier molecular flexibility index (Phi) is 8.08. The van der Waals surface area contributed by atoms with Crippen LogP contribution in [-0.2, 0) is 22.4 Å². The molecular weight excluding hydrogens is 272 g/mol. The second-order valence-electron chi connectivity index (χ2n) is 6.63. The average molecular weight is 302 g/mol. The number of benzene rings is 1. The maximum atomic E-state index is 11.2. The van der Waals surface area contributed by atoms with Crippen molar-refractivity contribution in [1.29, 1.82) is 0 Å². The van der Waals surface area contributed by atoms with Crippen molar-refractivity contribution in [2.45, 2.75) is 66.2 Å². The van der Waals surface area contributed by atoms with Crippen LogP contribution in [0.15, 0.2) is 24.3 Å². The van der Waals surface area contributed by atoms with Crippen molar-refractivity contribution in [3.8, 4) is 0 Å². The lowest BCUT2D eigenvalue weighted by Crippen LogP contribution is -2.06. The number of ketones is 2. The van der Waals surface area contributed by atoms with Gasteiger partial charge >= 0.3 is 0 Å². The van der Waals surface area contributed by atoms with Gasteiger partial charge in [0.15, 0.2) is 0 Å². The van der Waals surface area contributed by atoms with Crippen LogP contribution in [-0.4, -0.2) is 11.6 Å². The number of aryl methyl sites for hydroxylation is 2. The average Bonchev–Trinajstić information content (AvgIpc) is 2.47. The quantitative estimate of drug-likeness (QED) is 0.623. The Bertz CT molecular complexity index is 449. The van der Waals surface area contributed by atoms with E-state index < -0.39 is 0 Å². The zero-order valence-corrected chi connectivity index (χ0v) is 14.5. The predicted molar refractivity (Wildman–Crippen MR) is 92.0 cm³/mol. The van der Waals surface area contributed by atoms with Gasteiger partial charge in [-0.2, -0.15) is 0 Å². The summed E-state index contributed by atoms with van der Waals surface area (Å²) >= 11 is 0. The summed E-state index contributed by atoms with van der Waals surface area (Å²) in [5, 5.41) is 0. The summed E-state index contributed by atoms with van der Waals surface area (Å²) in [7, 11) is 0. The summed E-state index contributed by atoms with van der Waals surface area (Å²) in [5.41, 5.74) is 2.71. The number of hydrogen-bond donors (Lipinski definition) is 0. The van der Waals surface area contributed by atoms with E-state index in [1.165, 1.54) is 11.1 Å². The van der Waals surface area contributed by atoms with Gasteiger partial charge in [-0.05, 0) is 63.5 Å². The van der Waals surface area contributed by atoms with E-state index in [4.69, 9.17) is 0 Å². The summed E-state index contributed by atoms with van der Waals surface area (Å²) < 4.78 is 0. The van der Waals surface area contributed by atoms with Crippen molar-refractivity contribution in [3.63, 3.8) is 0 Å². The van der Waals surface area contributed by atoms with Gasteiger partial charge in [-0.1, -0.05) is 38.1 Å². The second kappa shape index (κ2) is 9.55. The third-order valence-corrected chi connectivity index (χ3v) is 4.58. The molecule has 0 saturated carbocycles. The molecule has 0 amide bonds. The molecule has 0 bridgehead atoms. The fraction of sp³-hybridized carbons (Fsp3) is 0.600. The smallest absolute Gasteiger partial charge is 0.132 e. The molecule has 0 aliphatic rings. The van der Waals surface area contributed by atoms with E-state index in [1.54, 1.807) is 13.8 Å². The minimum Gasteiger partial charge on any atom is -0.300 e. The van der Waals surface area contributed by atoms with Gasteiger partial charge in [0, 0.05) is 11.8 Å². The second-order valence-corrected chi connectivity index (χ2v) is 6.63. The first-order valence-corrected chi connectivity index (χ1v) is 8.49. The maximum Gasteiger partial charge on any atom is 0.132 e. The largest absolute Gasteiger partial charge is 0.300 e. The van der Waals surface area contributed by atoms with Crippen molar-refractivity contribution in [2.24, 2.45) is 11.8 Å². The molecule has 2 heteroatoms. The molecule has 0 aliphatic heterocycles. The molecule has 22 heavy (non-hydrogen) atoms. The van der Waals surface area contributed by atoms with Crippen LogP contribution in [0, 0.1) is 11.8 Å². The zero-order chi connectivity index (χ0) is 16.5. The van der Waals surface area contributed by atoms with E-state index >= 15 is 0 Å². The van der Waals surface area contributed by atoms with Crippen LogP contribution in [0.4, 0.5) is 0 Å². The van der Waals surface area contributed by atoms with E-state index in [9.17, 15) is 9.59 Å². The van der Waals surface area contributed by atoms with Crippen molar-refractivity contribution in [3.05, 3.63) is 35.4 Å². The lowest BCUT2D eigenvalue weighted by molar-refractivity contribution is -0.121. The molecule has 0 radical (unpaired) electrons. The summed E-state index contributed by atoms with van der Waals surface area (Å²) in [4.78, 5) is 22.5. The molecule has 0 spiro atoms. The van der Waals surface area contributed by atoms with Crippen LogP contribution in [0.3, 0.4) is 0 Å². The number of Topliss-reactive ketones (excluding diaryl/α,β-unsaturated/α-hetero) is 2. The summed E-state index contributed by atoms with van der Waals surface area (Å²) in [6.07, 6.45) is 6.13. The molecule has 0 saturated heterocycles. The molecule has 0 fully saturated rings. The van der Waals surface area contributed by atoms with E-state index in [1.807, 2.05) is 13.8 Å². The highest BCUT2D eigenvalue weighted by Crippen LogP contribution is 2.15. The fourth-order valence-electron chi connectivity index (χ4n) is 2.57. The molecule has 0 aromatic heterocycles. The molecular formula is C20H30O2. The van der Waals surface area contributed by atoms with Crippen molar-refractivity contribution >= 4 is 11.6 Å². The summed E-state index contributed by atoms with van der Waals surface area (Å²) in [5.74, 6) is 0.925. The molecule has 2 unspecified atom stereocenters. The lowest BCUT2D eigenvalue weighted by atomic mass is 9.95. The van der Waals surface area contributed by atoms with Crippen molar-refractivity contribution in [2.75, 3.05) is 0 Å². The van der Waals surface area contributed by atoms with E-state index in [2.05, 4.69) is 24.3 Å². The molecule has 0 heterocycles. The molecule has 0 aliphatic carbocycles. The normalized spacial score (nSPS) is 13.6. The van der Waals surface area contributed by atoms with Crippen LogP contribution in [0.1, 0.15) is 64.5 Å². The monoisotopic (exact) mass is 302 g/mol. The molecule has 1 aromatic carbocycles. The minimum absolute atomic E-state index is 0.177. The lowest BCUT2D eigenvalue weighted by Gasteiger charge is -2.09. The summed E-state index contributed by atoms with van der Waals surface area (Å²) in [6, 6.07) is 8.73. The van der Waals surface area contributed by atoms with Crippen molar-refractivity contribution in [1.82, 2.24) is 0 Å². The van der Waals surface area contributed by atoms with Crippen LogP contribution in [0.2, 0.25) is 0 Å². The van der Waals surface area contributed by atoms with Gasteiger partial charge in [0.1, 0.15) is 11.6 Å². The van der Waals surface area contributed by atoms with Crippen LogP contribution >= 0.6 is 0 Å². The molecule has 1 aromatic rings. The first-order chi connectivity index (χ1) is 10.4. The Labute approximate surface area is 135 Å². The predicted octanol–water partition coefficient (Wildman–Crippen LogP) is 4.78. The standard InChI is InChI=1S/C20H30O2/c1-15(17(3)21)8-5-10-19-12-7-13-20(14-19)11-6-9-16(2)18(4)22/h7,12-16H,5-6,8-11H2,1-4H3. The molecule has 2 nitrogen and oxygen atoms in total. The Hall–Kier alpha value is -1.44. The van der Waals surface area contributed by atoms with E-state index in [0.29, 0.717) is 0 Å². The molecule has 1 rings (SSSR count). The zero-order valence-electron chi connectivity index (χ0n) is 14.5. The van der Waals surface area contributed by atoms with Gasteiger partial charge in [-0.15, -0.1) is 0 Å². The number of rotatable bonds is 10. The topological polar surface area (TPSA) is 34.1 Å². The third-order valence-electron chi connectivity index (χ3n) is 4.58. The number of carbonyl (C=O) groups is 2. The van der Waals surface area contributed by atoms with Crippen LogP contribution < -0.4 is 0 Å². The van der Waals surface area contributed by atoms with E-state index in [0.717, 1.165) is 38.5 Å². The Morgan fingerprint density at radius 2 is 1.27 bits per heavy atom. The molecule has 122 valence electrons. The summed E-state index contributed by atoms with van der Waals surface area (Å²) in [6.45, 7) is 7.37. The highest BCUT2D eigenvalue weighted by molar-refractivity contribution is 5.78. The van der Waals surface area contributed by atoms with Crippen LogP contribution in [0.5, 0.6) is 0 Å². The van der Waals surface area contributed by atoms with Gasteiger partial charge in [0.25, 0.3) is 0 Å². The molecule has 0 N–H and O–H groups in total. The van der Waals surface area contributed by atoms with Crippen LogP contribution in [0.25, 0.3) is 0 Å². The van der Waals surface area contributed by atoms with Gasteiger partial charge in [-0.25, -0.2) is 0 Å². The SMILES string of the molecule is CC(=O)C(C)CCCc1cccc(CCCC(C)C(C)=O)c1. The first-order valence-electron chi connectivity index (χ1n) is 8.49. The highest BCUT2D eigenvalue weighted by Gasteiger charge is 2.08. The Balaban J connectivity index is 2.39. The van der Waals surface area contributed by atoms with Gasteiger partial charge in [-0.3, -0.25) is 9.59 Å². The van der Waals surface area contributed by atoms with Gasteiger partial charge in [0.2, 0.25) is 0 Å². The number of hydrogen-bond acceptors (Lipinski definition) is 2. The fourth-order valence-corrected chi connectivity index (χ4v) is 2.57. The first kappa shape index (κ1) is 18.6. The maximum absolute atomic E-state index is 11.2. The van der Waals surface area contributed by atoms with E-state index in [-0.39, 0.29) is 23.4 Å². The highest BCUT2D eigenvalue weighted by atomic mass is 16.1. The van der Waals surface area contributed by atoms with Gasteiger partial charge < -0.3 is 0 Å². The third kappa shape index (κ3) is 7.02. The Morgan fingerprint density at radius 3 is 1.64 bits per heavy atom. The van der Waals surface area contributed by atoms with Gasteiger partial charge in [0.05, 0.1) is 0 Å². The Morgan fingerprint density at radius 1 is 0.864 bits per heavy atom. The molecule has 2 atom stereocenters. The minimum atomic E-state index is 0.177. The van der Waals surface area contributed by atoms with Crippen molar-refractivity contribution < 1.29 is 9.59 Å².